The van der Waals surface area contributed by atoms with Crippen molar-refractivity contribution in [3.63, 3.8) is 0 Å². The lowest BCUT2D eigenvalue weighted by atomic mass is 9.96. The molecule has 0 amide bonds. The van der Waals surface area contributed by atoms with Gasteiger partial charge in [-0.3, -0.25) is 0 Å². The number of aryl methyl sites for hydroxylation is 1. The van der Waals surface area contributed by atoms with Crippen molar-refractivity contribution in [1.29, 1.82) is 0 Å². The highest BCUT2D eigenvalue weighted by atomic mass is 79.9. The summed E-state index contributed by atoms with van der Waals surface area (Å²) in [6, 6.07) is 2.98. The number of hydrogen-bond acceptors (Lipinski definition) is 2. The Bertz CT molecular complexity index is 427. The zero-order valence-corrected chi connectivity index (χ0v) is 12.6. The van der Waals surface area contributed by atoms with E-state index in [-0.39, 0.29) is 0 Å². The topological polar surface area (TPSA) is 16.1 Å². The fraction of sp³-hybridized carbons (Fsp3) is 0.667. The van der Waals surface area contributed by atoms with Crippen LogP contribution in [0.3, 0.4) is 0 Å². The molecule has 18 heavy (non-hydrogen) atoms. The molecule has 2 heterocycles. The summed E-state index contributed by atoms with van der Waals surface area (Å²) in [7, 11) is 0. The molecular weight excluding hydrogens is 288 g/mol. The second kappa shape index (κ2) is 5.20. The molecule has 1 aromatic rings. The lowest BCUT2D eigenvalue weighted by Gasteiger charge is -2.30. The molecule has 1 aliphatic carbocycles. The molecule has 98 valence electrons. The first kappa shape index (κ1) is 12.5. The van der Waals surface area contributed by atoms with Crippen LogP contribution < -0.4 is 4.90 Å². The molecule has 0 spiro atoms. The molecule has 0 bridgehead atoms. The summed E-state index contributed by atoms with van der Waals surface area (Å²) in [6.45, 7) is 3.34. The Morgan fingerprint density at radius 1 is 1.22 bits per heavy atom. The highest BCUT2D eigenvalue weighted by molar-refractivity contribution is 9.10. The van der Waals surface area contributed by atoms with Gasteiger partial charge in [-0.25, -0.2) is 4.98 Å². The molecular formula is C15H21BrN2. The van der Waals surface area contributed by atoms with Crippen LogP contribution in [-0.4, -0.2) is 17.6 Å². The van der Waals surface area contributed by atoms with Gasteiger partial charge in [-0.1, -0.05) is 12.8 Å². The molecule has 0 aromatic carbocycles. The van der Waals surface area contributed by atoms with E-state index in [2.05, 4.69) is 38.8 Å². The first-order valence-electron chi connectivity index (χ1n) is 7.14. The van der Waals surface area contributed by atoms with Gasteiger partial charge in [-0.05, 0) is 66.1 Å². The molecule has 3 rings (SSSR count). The molecule has 1 unspecified atom stereocenters. The number of aromatic nitrogens is 1. The van der Waals surface area contributed by atoms with Crippen molar-refractivity contribution in [3.05, 3.63) is 22.3 Å². The normalized spacial score (nSPS) is 25.0. The predicted molar refractivity (Wildman–Crippen MR) is 79.0 cm³/mol. The largest absolute Gasteiger partial charge is 0.353 e. The Balaban J connectivity index is 1.82. The van der Waals surface area contributed by atoms with Crippen molar-refractivity contribution in [3.8, 4) is 0 Å². The third-order valence-corrected chi connectivity index (χ3v) is 5.40. The Hall–Kier alpha value is -0.570. The van der Waals surface area contributed by atoms with E-state index in [0.717, 1.165) is 16.4 Å². The van der Waals surface area contributed by atoms with E-state index < -0.39 is 0 Å². The molecule has 2 aliphatic rings. The van der Waals surface area contributed by atoms with Crippen LogP contribution in [0.1, 0.15) is 44.1 Å². The number of pyridine rings is 1. The first-order chi connectivity index (χ1) is 8.75. The molecule has 2 fully saturated rings. The van der Waals surface area contributed by atoms with Gasteiger partial charge in [-0.2, -0.15) is 0 Å². The summed E-state index contributed by atoms with van der Waals surface area (Å²) in [5.41, 5.74) is 1.29. The third kappa shape index (κ3) is 2.29. The zero-order chi connectivity index (χ0) is 12.5. The molecule has 0 N–H and O–H groups in total. The van der Waals surface area contributed by atoms with Gasteiger partial charge >= 0.3 is 0 Å². The predicted octanol–water partition coefficient (Wildman–Crippen LogP) is 4.31. The summed E-state index contributed by atoms with van der Waals surface area (Å²) < 4.78 is 1.11. The molecule has 1 saturated carbocycles. The number of hydrogen-bond donors (Lipinski definition) is 0. The van der Waals surface area contributed by atoms with Crippen molar-refractivity contribution in [2.75, 3.05) is 11.4 Å². The van der Waals surface area contributed by atoms with Crippen LogP contribution in [0, 0.1) is 12.8 Å². The highest BCUT2D eigenvalue weighted by Crippen LogP contribution is 2.37. The van der Waals surface area contributed by atoms with E-state index >= 15 is 0 Å². The van der Waals surface area contributed by atoms with Crippen LogP contribution >= 0.6 is 15.9 Å². The van der Waals surface area contributed by atoms with Crippen LogP contribution in [0.25, 0.3) is 0 Å². The van der Waals surface area contributed by atoms with Crippen molar-refractivity contribution in [2.24, 2.45) is 5.92 Å². The quantitative estimate of drug-likeness (QED) is 0.809. The van der Waals surface area contributed by atoms with Crippen LogP contribution in [0.15, 0.2) is 16.7 Å². The van der Waals surface area contributed by atoms with E-state index in [1.165, 1.54) is 56.5 Å². The summed E-state index contributed by atoms with van der Waals surface area (Å²) in [5.74, 6) is 2.10. The van der Waals surface area contributed by atoms with E-state index in [1.807, 2.05) is 6.20 Å². The van der Waals surface area contributed by atoms with Gasteiger partial charge in [0.25, 0.3) is 0 Å². The summed E-state index contributed by atoms with van der Waals surface area (Å²) in [6.07, 6.45) is 10.4. The molecule has 2 nitrogen and oxygen atoms in total. The Morgan fingerprint density at radius 3 is 2.72 bits per heavy atom. The Morgan fingerprint density at radius 2 is 2.00 bits per heavy atom. The molecule has 1 saturated heterocycles. The first-order valence-corrected chi connectivity index (χ1v) is 7.94. The van der Waals surface area contributed by atoms with Crippen LogP contribution in [-0.2, 0) is 0 Å². The maximum absolute atomic E-state index is 4.62. The van der Waals surface area contributed by atoms with E-state index in [9.17, 15) is 0 Å². The number of halogens is 1. The second-order valence-corrected chi connectivity index (χ2v) is 6.59. The fourth-order valence-electron chi connectivity index (χ4n) is 3.59. The monoisotopic (exact) mass is 308 g/mol. The summed E-state index contributed by atoms with van der Waals surface area (Å²) in [5, 5.41) is 0. The van der Waals surface area contributed by atoms with Crippen molar-refractivity contribution in [2.45, 2.75) is 51.5 Å². The average Bonchev–Trinajstić information content (AvgIpc) is 3.00. The fourth-order valence-corrected chi connectivity index (χ4v) is 3.81. The second-order valence-electron chi connectivity index (χ2n) is 5.74. The van der Waals surface area contributed by atoms with Crippen molar-refractivity contribution >= 4 is 21.7 Å². The van der Waals surface area contributed by atoms with Crippen LogP contribution in [0.4, 0.5) is 5.82 Å². The van der Waals surface area contributed by atoms with Gasteiger partial charge in [0.1, 0.15) is 5.82 Å². The average molecular weight is 309 g/mol. The van der Waals surface area contributed by atoms with E-state index in [1.54, 1.807) is 0 Å². The zero-order valence-electron chi connectivity index (χ0n) is 11.0. The minimum absolute atomic E-state index is 0.751. The minimum Gasteiger partial charge on any atom is -0.353 e. The minimum atomic E-state index is 0.751. The van der Waals surface area contributed by atoms with Gasteiger partial charge in [0.2, 0.25) is 0 Å². The smallest absolute Gasteiger partial charge is 0.129 e. The van der Waals surface area contributed by atoms with Crippen molar-refractivity contribution in [1.82, 2.24) is 4.98 Å². The molecule has 3 heteroatoms. The van der Waals surface area contributed by atoms with Gasteiger partial charge in [0.15, 0.2) is 0 Å². The number of nitrogens with zero attached hydrogens (tertiary/aromatic N) is 2. The SMILES string of the molecule is Cc1cc(N2CCCC2C2CCCC2)ncc1Br. The third-order valence-electron chi connectivity index (χ3n) is 4.57. The van der Waals surface area contributed by atoms with Crippen molar-refractivity contribution < 1.29 is 0 Å². The van der Waals surface area contributed by atoms with Gasteiger partial charge < -0.3 is 4.90 Å². The molecule has 1 aliphatic heterocycles. The Labute approximate surface area is 118 Å². The molecule has 0 radical (unpaired) electrons. The lowest BCUT2D eigenvalue weighted by molar-refractivity contribution is 0.429. The molecule has 1 atom stereocenters. The van der Waals surface area contributed by atoms with E-state index in [4.69, 9.17) is 0 Å². The number of anilines is 1. The van der Waals surface area contributed by atoms with E-state index in [0.29, 0.717) is 0 Å². The maximum atomic E-state index is 4.62. The number of rotatable bonds is 2. The molecule has 1 aromatic heterocycles. The summed E-state index contributed by atoms with van der Waals surface area (Å²) in [4.78, 5) is 7.19. The lowest BCUT2D eigenvalue weighted by Crippen LogP contribution is -2.35. The van der Waals surface area contributed by atoms with Gasteiger partial charge in [0, 0.05) is 23.3 Å². The maximum Gasteiger partial charge on any atom is 0.129 e. The standard InChI is InChI=1S/C15H21BrN2/c1-11-9-15(17-10-13(11)16)18-8-4-7-14(18)12-5-2-3-6-12/h9-10,12,14H,2-8H2,1H3. The Kier molecular flexibility index (Phi) is 3.60. The van der Waals surface area contributed by atoms with Gasteiger partial charge in [-0.15, -0.1) is 0 Å². The highest BCUT2D eigenvalue weighted by Gasteiger charge is 2.33. The van der Waals surface area contributed by atoms with Gasteiger partial charge in [0.05, 0.1) is 0 Å². The van der Waals surface area contributed by atoms with Crippen LogP contribution in [0.2, 0.25) is 0 Å². The summed E-state index contributed by atoms with van der Waals surface area (Å²) >= 11 is 3.54. The van der Waals surface area contributed by atoms with Crippen LogP contribution in [0.5, 0.6) is 0 Å².